The highest BCUT2D eigenvalue weighted by Gasteiger charge is 2.25. The van der Waals surface area contributed by atoms with Crippen LogP contribution in [0, 0.1) is 0 Å². The molecule has 5 nitrogen and oxygen atoms in total. The highest BCUT2D eigenvalue weighted by atomic mass is 32.2. The molecule has 1 fully saturated rings. The van der Waals surface area contributed by atoms with Crippen LogP contribution in [-0.4, -0.2) is 52.2 Å². The quantitative estimate of drug-likeness (QED) is 0.894. The molecular weight excluding hydrogens is 286 g/mol. The number of para-hydroxylation sites is 1. The third kappa shape index (κ3) is 3.75. The lowest BCUT2D eigenvalue weighted by atomic mass is 10.0. The van der Waals surface area contributed by atoms with Gasteiger partial charge in [-0.1, -0.05) is 25.1 Å². The molecule has 6 heteroatoms. The number of anilines is 1. The van der Waals surface area contributed by atoms with E-state index in [9.17, 15) is 8.42 Å². The number of benzene rings is 1. The van der Waals surface area contributed by atoms with Gasteiger partial charge in [-0.25, -0.2) is 8.42 Å². The highest BCUT2D eigenvalue weighted by molar-refractivity contribution is 7.88. The number of sulfonamides is 1. The largest absolute Gasteiger partial charge is 0.369 e. The Balaban J connectivity index is 2.17. The van der Waals surface area contributed by atoms with Crippen LogP contribution in [0.3, 0.4) is 0 Å². The van der Waals surface area contributed by atoms with Gasteiger partial charge in [0, 0.05) is 37.9 Å². The van der Waals surface area contributed by atoms with E-state index >= 15 is 0 Å². The minimum Gasteiger partial charge on any atom is -0.369 e. The Bertz CT molecular complexity index is 562. The summed E-state index contributed by atoms with van der Waals surface area (Å²) in [4.78, 5) is 2.29. The standard InChI is InChI=1S/C15H25N3O2S/c1-4-14(16-2)13-7-5-6-8-15(13)17-9-11-18(12-10-17)21(3,19)20/h5-8,14,16H,4,9-12H2,1-3H3. The summed E-state index contributed by atoms with van der Waals surface area (Å²) in [5.41, 5.74) is 2.50. The van der Waals surface area contributed by atoms with Crippen LogP contribution in [-0.2, 0) is 10.0 Å². The van der Waals surface area contributed by atoms with Gasteiger partial charge >= 0.3 is 0 Å². The normalized spacial score (nSPS) is 18.7. The summed E-state index contributed by atoms with van der Waals surface area (Å²) in [5, 5.41) is 3.35. The lowest BCUT2D eigenvalue weighted by molar-refractivity contribution is 0.387. The van der Waals surface area contributed by atoms with Crippen LogP contribution in [0.15, 0.2) is 24.3 Å². The zero-order valence-electron chi connectivity index (χ0n) is 13.0. The summed E-state index contributed by atoms with van der Waals surface area (Å²) in [7, 11) is -1.09. The van der Waals surface area contributed by atoms with Crippen LogP contribution in [0.4, 0.5) is 5.69 Å². The fourth-order valence-electron chi connectivity index (χ4n) is 2.91. The van der Waals surface area contributed by atoms with Crippen LogP contribution in [0.25, 0.3) is 0 Å². The van der Waals surface area contributed by atoms with Crippen molar-refractivity contribution < 1.29 is 8.42 Å². The predicted octanol–water partition coefficient (Wildman–Crippen LogP) is 1.44. The van der Waals surface area contributed by atoms with Crippen molar-refractivity contribution in [2.24, 2.45) is 0 Å². The van der Waals surface area contributed by atoms with Gasteiger partial charge in [-0.15, -0.1) is 0 Å². The number of rotatable bonds is 5. The molecule has 1 unspecified atom stereocenters. The Labute approximate surface area is 128 Å². The summed E-state index contributed by atoms with van der Waals surface area (Å²) in [6, 6.07) is 8.72. The third-order valence-electron chi connectivity index (χ3n) is 4.12. The Morgan fingerprint density at radius 1 is 1.19 bits per heavy atom. The Kier molecular flexibility index (Phi) is 5.24. The summed E-state index contributed by atoms with van der Waals surface area (Å²) in [5.74, 6) is 0. The molecule has 1 aliphatic rings. The van der Waals surface area contributed by atoms with Crippen molar-refractivity contribution in [2.45, 2.75) is 19.4 Å². The van der Waals surface area contributed by atoms with E-state index in [4.69, 9.17) is 0 Å². The average Bonchev–Trinajstić information content (AvgIpc) is 2.48. The molecule has 1 aromatic rings. The van der Waals surface area contributed by atoms with E-state index in [-0.39, 0.29) is 0 Å². The van der Waals surface area contributed by atoms with Crippen molar-refractivity contribution in [1.29, 1.82) is 0 Å². The minimum absolute atomic E-state index is 0.328. The molecule has 0 aliphatic carbocycles. The number of nitrogens with one attached hydrogen (secondary N) is 1. The lowest BCUT2D eigenvalue weighted by Gasteiger charge is -2.36. The first kappa shape index (κ1) is 16.3. The second kappa shape index (κ2) is 6.77. The first-order valence-corrected chi connectivity index (χ1v) is 9.28. The van der Waals surface area contributed by atoms with Crippen molar-refractivity contribution in [1.82, 2.24) is 9.62 Å². The second-order valence-electron chi connectivity index (χ2n) is 5.46. The monoisotopic (exact) mass is 311 g/mol. The first-order chi connectivity index (χ1) is 9.97. The highest BCUT2D eigenvalue weighted by Crippen LogP contribution is 2.29. The zero-order chi connectivity index (χ0) is 15.5. The molecule has 21 heavy (non-hydrogen) atoms. The van der Waals surface area contributed by atoms with Crippen LogP contribution in [0.5, 0.6) is 0 Å². The molecule has 1 heterocycles. The molecule has 2 rings (SSSR count). The van der Waals surface area contributed by atoms with Gasteiger partial charge in [0.15, 0.2) is 0 Å². The molecule has 0 radical (unpaired) electrons. The number of hydrogen-bond donors (Lipinski definition) is 1. The first-order valence-electron chi connectivity index (χ1n) is 7.43. The van der Waals surface area contributed by atoms with Gasteiger partial charge in [-0.2, -0.15) is 4.31 Å². The van der Waals surface area contributed by atoms with E-state index in [1.165, 1.54) is 17.5 Å². The maximum absolute atomic E-state index is 11.6. The molecule has 1 saturated heterocycles. The summed E-state index contributed by atoms with van der Waals surface area (Å²) in [6.07, 6.45) is 2.31. The molecule has 1 aromatic carbocycles. The van der Waals surface area contributed by atoms with Gasteiger partial charge in [0.2, 0.25) is 10.0 Å². The maximum atomic E-state index is 11.6. The fourth-order valence-corrected chi connectivity index (χ4v) is 3.74. The topological polar surface area (TPSA) is 52.6 Å². The van der Waals surface area contributed by atoms with E-state index in [0.717, 1.165) is 19.5 Å². The molecule has 0 aromatic heterocycles. The van der Waals surface area contributed by atoms with Gasteiger partial charge in [-0.05, 0) is 25.1 Å². The number of hydrogen-bond acceptors (Lipinski definition) is 4. The van der Waals surface area contributed by atoms with Gasteiger partial charge in [0.05, 0.1) is 6.26 Å². The van der Waals surface area contributed by atoms with E-state index in [2.05, 4.69) is 35.3 Å². The van der Waals surface area contributed by atoms with Crippen molar-refractivity contribution in [3.05, 3.63) is 29.8 Å². The van der Waals surface area contributed by atoms with Gasteiger partial charge in [0.25, 0.3) is 0 Å². The minimum atomic E-state index is -3.07. The summed E-state index contributed by atoms with van der Waals surface area (Å²) >= 11 is 0. The lowest BCUT2D eigenvalue weighted by Crippen LogP contribution is -2.48. The van der Waals surface area contributed by atoms with Crippen molar-refractivity contribution >= 4 is 15.7 Å². The summed E-state index contributed by atoms with van der Waals surface area (Å²) < 4.78 is 24.7. The fraction of sp³-hybridized carbons (Fsp3) is 0.600. The number of piperazine rings is 1. The van der Waals surface area contributed by atoms with E-state index in [1.54, 1.807) is 4.31 Å². The smallest absolute Gasteiger partial charge is 0.211 e. The van der Waals surface area contributed by atoms with Gasteiger partial charge in [-0.3, -0.25) is 0 Å². The van der Waals surface area contributed by atoms with Gasteiger partial charge < -0.3 is 10.2 Å². The van der Waals surface area contributed by atoms with E-state index in [0.29, 0.717) is 19.1 Å². The number of nitrogens with zero attached hydrogens (tertiary/aromatic N) is 2. The van der Waals surface area contributed by atoms with Crippen molar-refractivity contribution in [3.8, 4) is 0 Å². The van der Waals surface area contributed by atoms with Crippen LogP contribution in [0.2, 0.25) is 0 Å². The van der Waals surface area contributed by atoms with Gasteiger partial charge in [0.1, 0.15) is 0 Å². The van der Waals surface area contributed by atoms with Crippen LogP contribution < -0.4 is 10.2 Å². The average molecular weight is 311 g/mol. The zero-order valence-corrected chi connectivity index (χ0v) is 13.9. The molecule has 118 valence electrons. The maximum Gasteiger partial charge on any atom is 0.211 e. The van der Waals surface area contributed by atoms with Crippen LogP contribution in [0.1, 0.15) is 24.9 Å². The molecule has 0 saturated carbocycles. The van der Waals surface area contributed by atoms with E-state index in [1.807, 2.05) is 13.1 Å². The molecule has 1 aliphatic heterocycles. The molecule has 0 bridgehead atoms. The molecule has 1 atom stereocenters. The molecular formula is C15H25N3O2S. The predicted molar refractivity (Wildman–Crippen MR) is 87.2 cm³/mol. The van der Waals surface area contributed by atoms with Crippen LogP contribution >= 0.6 is 0 Å². The van der Waals surface area contributed by atoms with E-state index < -0.39 is 10.0 Å². The molecule has 1 N–H and O–H groups in total. The van der Waals surface area contributed by atoms with Crippen molar-refractivity contribution in [2.75, 3.05) is 44.4 Å². The molecule has 0 spiro atoms. The molecule has 0 amide bonds. The summed E-state index contributed by atoms with van der Waals surface area (Å²) in [6.45, 7) is 4.76. The third-order valence-corrected chi connectivity index (χ3v) is 5.42. The Hall–Kier alpha value is -1.11. The van der Waals surface area contributed by atoms with Crippen molar-refractivity contribution in [3.63, 3.8) is 0 Å². The Morgan fingerprint density at radius 2 is 1.81 bits per heavy atom. The SMILES string of the molecule is CCC(NC)c1ccccc1N1CCN(S(C)(=O)=O)CC1. The Morgan fingerprint density at radius 3 is 2.33 bits per heavy atom. The second-order valence-corrected chi connectivity index (χ2v) is 7.44.